The Labute approximate surface area is 92.1 Å². The maximum Gasteiger partial charge on any atom is 0.0490 e. The van der Waals surface area contributed by atoms with Crippen LogP contribution in [0.3, 0.4) is 0 Å². The van der Waals surface area contributed by atoms with E-state index < -0.39 is 0 Å². The van der Waals surface area contributed by atoms with Crippen molar-refractivity contribution < 1.29 is 5.11 Å². The summed E-state index contributed by atoms with van der Waals surface area (Å²) in [5, 5.41) is 9.40. The van der Waals surface area contributed by atoms with Crippen molar-refractivity contribution in [3.63, 3.8) is 0 Å². The summed E-state index contributed by atoms with van der Waals surface area (Å²) in [5.41, 5.74) is 1.78. The number of rotatable bonds is 3. The molecule has 15 heavy (non-hydrogen) atoms. The van der Waals surface area contributed by atoms with Gasteiger partial charge in [0.2, 0.25) is 0 Å². The molecule has 1 N–H and O–H groups in total. The van der Waals surface area contributed by atoms with E-state index in [0.717, 1.165) is 6.42 Å². The van der Waals surface area contributed by atoms with E-state index in [9.17, 15) is 5.11 Å². The summed E-state index contributed by atoms with van der Waals surface area (Å²) in [5.74, 6) is 0.524. The Morgan fingerprint density at radius 2 is 1.87 bits per heavy atom. The molecule has 1 heteroatoms. The van der Waals surface area contributed by atoms with Gasteiger partial charge in [-0.2, -0.15) is 0 Å². The Balaban J connectivity index is 2.21. The Morgan fingerprint density at radius 1 is 1.27 bits per heavy atom. The summed E-state index contributed by atoms with van der Waals surface area (Å²) in [6, 6.07) is 10.6. The normalized spacial score (nSPS) is 36.3. The maximum atomic E-state index is 9.40. The first-order chi connectivity index (χ1) is 7.03. The fourth-order valence-corrected chi connectivity index (χ4v) is 2.79. The first-order valence-corrected chi connectivity index (χ1v) is 5.69. The molecule has 0 heterocycles. The summed E-state index contributed by atoms with van der Waals surface area (Å²) in [4.78, 5) is 0. The van der Waals surface area contributed by atoms with E-state index in [1.54, 1.807) is 0 Å². The SMILES string of the molecule is CC(c1ccccc1)[C@]1(C)C[C@]1(C)CO. The van der Waals surface area contributed by atoms with Crippen LogP contribution in [0.5, 0.6) is 0 Å². The molecule has 82 valence electrons. The second-order valence-corrected chi connectivity index (χ2v) is 5.45. The van der Waals surface area contributed by atoms with Crippen molar-refractivity contribution in [3.05, 3.63) is 35.9 Å². The minimum Gasteiger partial charge on any atom is -0.396 e. The zero-order valence-corrected chi connectivity index (χ0v) is 9.83. The molecule has 1 aliphatic rings. The van der Waals surface area contributed by atoms with Crippen LogP contribution in [0.15, 0.2) is 30.3 Å². The number of hydrogen-bond donors (Lipinski definition) is 1. The monoisotopic (exact) mass is 204 g/mol. The van der Waals surface area contributed by atoms with Gasteiger partial charge in [-0.05, 0) is 28.7 Å². The van der Waals surface area contributed by atoms with Crippen molar-refractivity contribution in [3.8, 4) is 0 Å². The van der Waals surface area contributed by atoms with Crippen molar-refractivity contribution in [2.24, 2.45) is 10.8 Å². The van der Waals surface area contributed by atoms with Crippen LogP contribution in [0.2, 0.25) is 0 Å². The molecule has 0 spiro atoms. The highest BCUT2D eigenvalue weighted by atomic mass is 16.3. The molecule has 0 radical (unpaired) electrons. The van der Waals surface area contributed by atoms with E-state index in [4.69, 9.17) is 0 Å². The number of benzene rings is 1. The topological polar surface area (TPSA) is 20.2 Å². The van der Waals surface area contributed by atoms with Gasteiger partial charge in [-0.1, -0.05) is 51.1 Å². The Hall–Kier alpha value is -0.820. The zero-order valence-electron chi connectivity index (χ0n) is 9.83. The summed E-state index contributed by atoms with van der Waals surface area (Å²) in [6.45, 7) is 7.06. The Kier molecular flexibility index (Phi) is 2.38. The lowest BCUT2D eigenvalue weighted by Crippen LogP contribution is -2.18. The van der Waals surface area contributed by atoms with Crippen LogP contribution in [0.25, 0.3) is 0 Å². The third-order valence-electron chi connectivity index (χ3n) is 4.62. The third-order valence-corrected chi connectivity index (χ3v) is 4.62. The van der Waals surface area contributed by atoms with Crippen LogP contribution in [0.1, 0.15) is 38.7 Å². The van der Waals surface area contributed by atoms with Crippen LogP contribution in [-0.2, 0) is 0 Å². The standard InChI is InChI=1S/C14H20O/c1-11(12-7-5-4-6-8-12)14(3)9-13(14,2)10-15/h4-8,11,15H,9-10H2,1-3H3/t11?,13-,14+/m1/s1. The summed E-state index contributed by atoms with van der Waals surface area (Å²) in [7, 11) is 0. The lowest BCUT2D eigenvalue weighted by molar-refractivity contribution is 0.180. The molecule has 0 bridgehead atoms. The molecule has 1 aromatic rings. The lowest BCUT2D eigenvalue weighted by Gasteiger charge is -2.24. The average molecular weight is 204 g/mol. The van der Waals surface area contributed by atoms with Crippen LogP contribution < -0.4 is 0 Å². The Bertz CT molecular complexity index is 346. The Morgan fingerprint density at radius 3 is 2.33 bits per heavy atom. The van der Waals surface area contributed by atoms with Crippen molar-refractivity contribution in [1.82, 2.24) is 0 Å². The van der Waals surface area contributed by atoms with E-state index in [-0.39, 0.29) is 10.8 Å². The first kappa shape index (κ1) is 10.7. The molecule has 1 unspecified atom stereocenters. The van der Waals surface area contributed by atoms with Crippen molar-refractivity contribution in [2.45, 2.75) is 33.1 Å². The predicted molar refractivity (Wildman–Crippen MR) is 62.8 cm³/mol. The van der Waals surface area contributed by atoms with Crippen molar-refractivity contribution in [2.75, 3.05) is 6.61 Å². The molecule has 0 amide bonds. The van der Waals surface area contributed by atoms with Crippen LogP contribution in [0, 0.1) is 10.8 Å². The van der Waals surface area contributed by atoms with Gasteiger partial charge in [0.1, 0.15) is 0 Å². The van der Waals surface area contributed by atoms with Crippen molar-refractivity contribution in [1.29, 1.82) is 0 Å². The summed E-state index contributed by atoms with van der Waals surface area (Å²) < 4.78 is 0. The highest BCUT2D eigenvalue weighted by Gasteiger charge is 2.62. The van der Waals surface area contributed by atoms with Gasteiger partial charge >= 0.3 is 0 Å². The molecule has 1 nitrogen and oxygen atoms in total. The number of aliphatic hydroxyl groups excluding tert-OH is 1. The second-order valence-electron chi connectivity index (χ2n) is 5.45. The summed E-state index contributed by atoms with van der Waals surface area (Å²) in [6.07, 6.45) is 1.13. The molecule has 3 atom stereocenters. The van der Waals surface area contributed by atoms with E-state index in [2.05, 4.69) is 51.1 Å². The van der Waals surface area contributed by atoms with Crippen LogP contribution >= 0.6 is 0 Å². The van der Waals surface area contributed by atoms with Gasteiger partial charge in [0.05, 0.1) is 0 Å². The van der Waals surface area contributed by atoms with Gasteiger partial charge in [0.15, 0.2) is 0 Å². The molecule has 0 saturated heterocycles. The zero-order chi connectivity index (χ0) is 11.1. The largest absolute Gasteiger partial charge is 0.396 e. The van der Waals surface area contributed by atoms with Crippen LogP contribution in [0.4, 0.5) is 0 Å². The van der Waals surface area contributed by atoms with Gasteiger partial charge in [-0.3, -0.25) is 0 Å². The number of aliphatic hydroxyl groups is 1. The molecule has 1 aromatic carbocycles. The smallest absolute Gasteiger partial charge is 0.0490 e. The summed E-state index contributed by atoms with van der Waals surface area (Å²) >= 11 is 0. The van der Waals surface area contributed by atoms with Gasteiger partial charge in [-0.15, -0.1) is 0 Å². The minimum atomic E-state index is 0.127. The fourth-order valence-electron chi connectivity index (χ4n) is 2.79. The number of hydrogen-bond acceptors (Lipinski definition) is 1. The van der Waals surface area contributed by atoms with E-state index in [1.165, 1.54) is 5.56 Å². The van der Waals surface area contributed by atoms with Gasteiger partial charge in [0.25, 0.3) is 0 Å². The lowest BCUT2D eigenvalue weighted by atomic mass is 9.80. The molecular formula is C14H20O. The molecule has 0 aliphatic heterocycles. The molecule has 0 aromatic heterocycles. The van der Waals surface area contributed by atoms with Crippen molar-refractivity contribution >= 4 is 0 Å². The van der Waals surface area contributed by atoms with Gasteiger partial charge in [0, 0.05) is 6.61 Å². The molecule has 2 rings (SSSR count). The van der Waals surface area contributed by atoms with Gasteiger partial charge < -0.3 is 5.11 Å². The maximum absolute atomic E-state index is 9.40. The molecule has 1 saturated carbocycles. The highest BCUT2D eigenvalue weighted by Crippen LogP contribution is 2.69. The van der Waals surface area contributed by atoms with Gasteiger partial charge in [-0.25, -0.2) is 0 Å². The van der Waals surface area contributed by atoms with E-state index >= 15 is 0 Å². The molecule has 1 aliphatic carbocycles. The minimum absolute atomic E-state index is 0.127. The van der Waals surface area contributed by atoms with E-state index in [1.807, 2.05) is 0 Å². The predicted octanol–water partition coefficient (Wildman–Crippen LogP) is 3.20. The highest BCUT2D eigenvalue weighted by molar-refractivity contribution is 5.27. The fraction of sp³-hybridized carbons (Fsp3) is 0.571. The third kappa shape index (κ3) is 1.50. The second kappa shape index (κ2) is 3.34. The van der Waals surface area contributed by atoms with E-state index in [0.29, 0.717) is 12.5 Å². The van der Waals surface area contributed by atoms with Crippen LogP contribution in [-0.4, -0.2) is 11.7 Å². The quantitative estimate of drug-likeness (QED) is 0.801. The molecule has 1 fully saturated rings. The molecular weight excluding hydrogens is 184 g/mol. The average Bonchev–Trinajstić information content (AvgIpc) is 2.84. The first-order valence-electron chi connectivity index (χ1n) is 5.69.